The van der Waals surface area contributed by atoms with Crippen molar-refractivity contribution in [3.05, 3.63) is 23.8 Å². The number of hydrogen-bond donors (Lipinski definition) is 3. The van der Waals surface area contributed by atoms with E-state index in [9.17, 15) is 5.11 Å². The molecule has 0 fully saturated rings. The van der Waals surface area contributed by atoms with Gasteiger partial charge in [0, 0.05) is 0 Å². The van der Waals surface area contributed by atoms with Crippen molar-refractivity contribution in [3.63, 3.8) is 0 Å². The van der Waals surface area contributed by atoms with Crippen LogP contribution in [0.4, 0.5) is 0 Å². The number of unbranched alkanes of at least 4 members (excludes halogenated alkanes) is 5. The number of amidine groups is 1. The van der Waals surface area contributed by atoms with Crippen LogP contribution in [0.3, 0.4) is 0 Å². The molecule has 0 aromatic heterocycles. The largest absolute Gasteiger partial charge is 1.00 e. The van der Waals surface area contributed by atoms with Gasteiger partial charge in [-0.3, -0.25) is 10.3 Å². The van der Waals surface area contributed by atoms with Crippen molar-refractivity contribution in [2.45, 2.75) is 52.0 Å². The van der Waals surface area contributed by atoms with Gasteiger partial charge in [-0.2, -0.15) is 0 Å². The maximum absolute atomic E-state index is 9.61. The third-order valence-electron chi connectivity index (χ3n) is 3.72. The molecule has 138 valence electrons. The van der Waals surface area contributed by atoms with Crippen LogP contribution in [-0.2, 0) is 6.54 Å². The number of methoxy groups -OCH3 is 1. The molecule has 0 unspecified atom stereocenters. The zero-order valence-corrected chi connectivity index (χ0v) is 18.0. The van der Waals surface area contributed by atoms with Gasteiger partial charge in [-0.1, -0.05) is 38.7 Å². The Morgan fingerprint density at radius 1 is 1.21 bits per heavy atom. The van der Waals surface area contributed by atoms with Gasteiger partial charge in [0.25, 0.3) is 0 Å². The number of hydrogen-bond acceptors (Lipinski definition) is 3. The molecule has 0 spiro atoms. The highest BCUT2D eigenvalue weighted by Gasteiger charge is 2.06. The van der Waals surface area contributed by atoms with Gasteiger partial charge in [-0.15, -0.1) is 0 Å². The normalized spacial score (nSPS) is 11.0. The first-order valence-corrected chi connectivity index (χ1v) is 9.68. The fraction of sp³-hybridized carbons (Fsp3) is 0.611. The molecule has 0 saturated heterocycles. The van der Waals surface area contributed by atoms with Crippen molar-refractivity contribution in [2.75, 3.05) is 19.9 Å². The van der Waals surface area contributed by atoms with Crippen LogP contribution in [0, 0.1) is 0 Å². The SMILES string of the molecule is CCCCCCCCNC(=[NH+]Cc1ccc(O)c(OC)c1)SC.[I-]. The Labute approximate surface area is 167 Å². The Balaban J connectivity index is 0.00000529. The molecule has 0 aliphatic rings. The summed E-state index contributed by atoms with van der Waals surface area (Å²) in [5, 5.41) is 14.2. The summed E-state index contributed by atoms with van der Waals surface area (Å²) < 4.78 is 5.13. The van der Waals surface area contributed by atoms with E-state index < -0.39 is 0 Å². The summed E-state index contributed by atoms with van der Waals surface area (Å²) in [4.78, 5) is 3.40. The number of benzene rings is 1. The molecule has 0 radical (unpaired) electrons. The fourth-order valence-corrected chi connectivity index (χ4v) is 2.79. The quantitative estimate of drug-likeness (QED) is 0.191. The first-order valence-electron chi connectivity index (χ1n) is 8.45. The van der Waals surface area contributed by atoms with E-state index >= 15 is 0 Å². The monoisotopic (exact) mass is 466 g/mol. The van der Waals surface area contributed by atoms with Gasteiger partial charge in [0.1, 0.15) is 6.54 Å². The van der Waals surface area contributed by atoms with E-state index in [4.69, 9.17) is 4.74 Å². The fourth-order valence-electron chi connectivity index (χ4n) is 2.33. The number of halogens is 1. The lowest BCUT2D eigenvalue weighted by atomic mass is 10.1. The zero-order valence-electron chi connectivity index (χ0n) is 15.0. The molecular formula is C18H31IN2O2S. The Bertz CT molecular complexity index is 484. The highest BCUT2D eigenvalue weighted by Crippen LogP contribution is 2.25. The summed E-state index contributed by atoms with van der Waals surface area (Å²) in [5.41, 5.74) is 1.08. The van der Waals surface area contributed by atoms with E-state index in [-0.39, 0.29) is 29.7 Å². The summed E-state index contributed by atoms with van der Waals surface area (Å²) in [5.74, 6) is 0.682. The number of nitrogens with one attached hydrogen (secondary N) is 2. The molecule has 0 aliphatic heterocycles. The molecule has 1 aromatic carbocycles. The molecule has 24 heavy (non-hydrogen) atoms. The molecule has 6 heteroatoms. The van der Waals surface area contributed by atoms with Crippen molar-refractivity contribution in [2.24, 2.45) is 0 Å². The molecule has 0 bridgehead atoms. The van der Waals surface area contributed by atoms with E-state index in [1.807, 2.05) is 12.1 Å². The molecule has 3 N–H and O–H groups in total. The van der Waals surface area contributed by atoms with Crippen LogP contribution >= 0.6 is 11.8 Å². The van der Waals surface area contributed by atoms with Gasteiger partial charge < -0.3 is 33.8 Å². The first kappa shape index (κ1) is 23.4. The second kappa shape index (κ2) is 14.7. The average molecular weight is 466 g/mol. The van der Waals surface area contributed by atoms with Crippen LogP contribution in [0.1, 0.15) is 51.0 Å². The summed E-state index contributed by atoms with van der Waals surface area (Å²) in [6.45, 7) is 3.96. The Morgan fingerprint density at radius 3 is 2.58 bits per heavy atom. The Morgan fingerprint density at radius 2 is 1.92 bits per heavy atom. The van der Waals surface area contributed by atoms with Crippen molar-refractivity contribution in [3.8, 4) is 11.5 Å². The molecule has 1 rings (SSSR count). The third-order valence-corrected chi connectivity index (χ3v) is 4.41. The van der Waals surface area contributed by atoms with E-state index in [1.165, 1.54) is 38.5 Å². The maximum atomic E-state index is 9.61. The number of aromatic hydroxyl groups is 1. The molecule has 0 saturated carbocycles. The Kier molecular flexibility index (Phi) is 14.3. The summed E-state index contributed by atoms with van der Waals surface area (Å²) in [6.07, 6.45) is 9.92. The second-order valence-corrected chi connectivity index (χ2v) is 6.40. The van der Waals surface area contributed by atoms with Gasteiger partial charge in [0.05, 0.1) is 13.7 Å². The van der Waals surface area contributed by atoms with E-state index in [0.717, 1.165) is 17.3 Å². The first-order chi connectivity index (χ1) is 11.2. The topological polar surface area (TPSA) is 55.5 Å². The van der Waals surface area contributed by atoms with Crippen molar-refractivity contribution in [1.29, 1.82) is 0 Å². The lowest BCUT2D eigenvalue weighted by Gasteiger charge is -2.05. The van der Waals surface area contributed by atoms with Crippen LogP contribution in [0.2, 0.25) is 0 Å². The van der Waals surface area contributed by atoms with Crippen LogP contribution < -0.4 is 39.0 Å². The highest BCUT2D eigenvalue weighted by molar-refractivity contribution is 8.12. The van der Waals surface area contributed by atoms with Gasteiger partial charge in [-0.05, 0) is 48.6 Å². The predicted molar refractivity (Wildman–Crippen MR) is 99.2 cm³/mol. The third kappa shape index (κ3) is 9.61. The average Bonchev–Trinajstić information content (AvgIpc) is 2.58. The van der Waals surface area contributed by atoms with Crippen molar-refractivity contribution >= 4 is 16.9 Å². The number of phenols is 1. The van der Waals surface area contributed by atoms with Gasteiger partial charge >= 0.3 is 5.17 Å². The molecule has 0 atom stereocenters. The lowest BCUT2D eigenvalue weighted by molar-refractivity contribution is -0.474. The summed E-state index contributed by atoms with van der Waals surface area (Å²) in [7, 11) is 1.56. The van der Waals surface area contributed by atoms with Crippen LogP contribution in [0.25, 0.3) is 0 Å². The summed E-state index contributed by atoms with van der Waals surface area (Å²) in [6, 6.07) is 5.42. The van der Waals surface area contributed by atoms with Crippen LogP contribution in [0.5, 0.6) is 11.5 Å². The van der Waals surface area contributed by atoms with E-state index in [0.29, 0.717) is 12.3 Å². The van der Waals surface area contributed by atoms with Crippen LogP contribution in [-0.4, -0.2) is 30.2 Å². The summed E-state index contributed by atoms with van der Waals surface area (Å²) >= 11 is 1.69. The molecule has 0 aliphatic carbocycles. The molecule has 4 nitrogen and oxygen atoms in total. The predicted octanol–water partition coefficient (Wildman–Crippen LogP) is -0.345. The van der Waals surface area contributed by atoms with Crippen LogP contribution in [0.15, 0.2) is 18.2 Å². The minimum Gasteiger partial charge on any atom is -1.00 e. The minimum absolute atomic E-state index is 0. The Hall–Kier alpha value is -0.630. The number of thioether (sulfide) groups is 1. The van der Waals surface area contributed by atoms with Crippen molar-refractivity contribution < 1.29 is 38.8 Å². The second-order valence-electron chi connectivity index (χ2n) is 5.59. The van der Waals surface area contributed by atoms with E-state index in [2.05, 4.69) is 23.5 Å². The molecule has 1 aromatic rings. The molecular weight excluding hydrogens is 435 g/mol. The highest BCUT2D eigenvalue weighted by atomic mass is 127. The lowest BCUT2D eigenvalue weighted by Crippen LogP contribution is -3.00. The smallest absolute Gasteiger partial charge is 0.304 e. The molecule has 0 amide bonds. The standard InChI is InChI=1S/C18H30N2O2S.HI/c1-4-5-6-7-8-9-12-19-18(23-3)20-14-15-10-11-16(21)17(13-15)22-2;/h10-11,13,21H,4-9,12,14H2,1-3H3,(H,19,20);1H. The van der Waals surface area contributed by atoms with Gasteiger partial charge in [-0.25, -0.2) is 0 Å². The number of ether oxygens (including phenoxy) is 1. The van der Waals surface area contributed by atoms with Crippen molar-refractivity contribution in [1.82, 2.24) is 5.32 Å². The van der Waals surface area contributed by atoms with Gasteiger partial charge in [0.2, 0.25) is 0 Å². The molecule has 0 heterocycles. The minimum atomic E-state index is 0. The number of phenolic OH excluding ortho intramolecular Hbond substituents is 1. The maximum Gasteiger partial charge on any atom is 0.304 e. The van der Waals surface area contributed by atoms with E-state index in [1.54, 1.807) is 24.9 Å². The number of rotatable bonds is 10. The van der Waals surface area contributed by atoms with Gasteiger partial charge in [0.15, 0.2) is 11.5 Å². The zero-order chi connectivity index (χ0) is 16.9.